The van der Waals surface area contributed by atoms with E-state index in [1.165, 1.54) is 0 Å². The SMILES string of the molecule is Clc1ccc([C@@H]2Oc3ccccc3[C@H]3CC(c4ccco4)=NN32)c(Cl)c1. The number of fused-ring (bicyclic) bond motifs is 3. The third-order valence-electron chi connectivity index (χ3n) is 4.73. The molecule has 4 nitrogen and oxygen atoms in total. The normalized spacial score (nSPS) is 21.0. The highest BCUT2D eigenvalue weighted by molar-refractivity contribution is 6.35. The van der Waals surface area contributed by atoms with Crippen LogP contribution in [0.2, 0.25) is 10.0 Å². The Morgan fingerprint density at radius 3 is 2.69 bits per heavy atom. The van der Waals surface area contributed by atoms with Crippen LogP contribution in [0.4, 0.5) is 0 Å². The minimum absolute atomic E-state index is 0.0665. The molecule has 0 saturated carbocycles. The highest BCUT2D eigenvalue weighted by atomic mass is 35.5. The van der Waals surface area contributed by atoms with E-state index in [1.54, 1.807) is 12.3 Å². The molecule has 2 aromatic carbocycles. The zero-order chi connectivity index (χ0) is 17.7. The van der Waals surface area contributed by atoms with E-state index in [1.807, 2.05) is 47.5 Å². The van der Waals surface area contributed by atoms with Gasteiger partial charge in [0, 0.05) is 22.6 Å². The standard InChI is InChI=1S/C20H14Cl2N2O2/c21-12-7-8-13(15(22)10-12)20-24-17(14-4-1-2-5-18(14)26-20)11-16(23-24)19-6-3-9-25-19/h1-10,17,20H,11H2/t17-,20+/m1/s1. The second kappa shape index (κ2) is 6.08. The summed E-state index contributed by atoms with van der Waals surface area (Å²) in [6, 6.07) is 17.3. The number of benzene rings is 2. The summed E-state index contributed by atoms with van der Waals surface area (Å²) in [7, 11) is 0. The lowest BCUT2D eigenvalue weighted by atomic mass is 9.97. The predicted molar refractivity (Wildman–Crippen MR) is 101 cm³/mol. The van der Waals surface area contributed by atoms with Gasteiger partial charge in [-0.2, -0.15) is 5.10 Å². The van der Waals surface area contributed by atoms with Crippen molar-refractivity contribution in [3.63, 3.8) is 0 Å². The Kier molecular flexibility index (Phi) is 3.69. The first-order valence-electron chi connectivity index (χ1n) is 8.31. The van der Waals surface area contributed by atoms with Crippen molar-refractivity contribution in [2.24, 2.45) is 5.10 Å². The fourth-order valence-electron chi connectivity index (χ4n) is 3.53. The molecule has 0 radical (unpaired) electrons. The van der Waals surface area contributed by atoms with Crippen LogP contribution in [0, 0.1) is 0 Å². The summed E-state index contributed by atoms with van der Waals surface area (Å²) in [5.41, 5.74) is 2.84. The summed E-state index contributed by atoms with van der Waals surface area (Å²) >= 11 is 12.5. The van der Waals surface area contributed by atoms with E-state index in [0.717, 1.165) is 34.8 Å². The number of furan rings is 1. The van der Waals surface area contributed by atoms with Gasteiger partial charge in [0.25, 0.3) is 0 Å². The molecule has 0 aliphatic carbocycles. The van der Waals surface area contributed by atoms with Gasteiger partial charge in [-0.3, -0.25) is 0 Å². The van der Waals surface area contributed by atoms with E-state index < -0.39 is 6.23 Å². The summed E-state index contributed by atoms with van der Waals surface area (Å²) in [5, 5.41) is 7.93. The average Bonchev–Trinajstić information content (AvgIpc) is 3.31. The second-order valence-corrected chi connectivity index (χ2v) is 7.14. The van der Waals surface area contributed by atoms with Gasteiger partial charge in [0.15, 0.2) is 0 Å². The van der Waals surface area contributed by atoms with E-state index >= 15 is 0 Å². The molecule has 0 bridgehead atoms. The Morgan fingerprint density at radius 2 is 1.88 bits per heavy atom. The monoisotopic (exact) mass is 384 g/mol. The van der Waals surface area contributed by atoms with Crippen molar-refractivity contribution in [2.75, 3.05) is 0 Å². The van der Waals surface area contributed by atoms with Gasteiger partial charge in [0.2, 0.25) is 6.23 Å². The molecule has 0 unspecified atom stereocenters. The lowest BCUT2D eigenvalue weighted by Crippen LogP contribution is -2.33. The number of nitrogens with zero attached hydrogens (tertiary/aromatic N) is 2. The molecule has 0 fully saturated rings. The molecule has 0 spiro atoms. The number of hydrazone groups is 1. The Hall–Kier alpha value is -2.43. The maximum Gasteiger partial charge on any atom is 0.215 e. The molecule has 3 aromatic rings. The minimum atomic E-state index is -0.424. The van der Waals surface area contributed by atoms with E-state index in [9.17, 15) is 0 Å². The van der Waals surface area contributed by atoms with E-state index in [-0.39, 0.29) is 6.04 Å². The molecule has 2 atom stereocenters. The van der Waals surface area contributed by atoms with Crippen molar-refractivity contribution in [3.05, 3.63) is 87.8 Å². The average molecular weight is 385 g/mol. The molecule has 3 heterocycles. The summed E-state index contributed by atoms with van der Waals surface area (Å²) in [5.74, 6) is 1.62. The van der Waals surface area contributed by atoms with E-state index in [2.05, 4.69) is 6.07 Å². The zero-order valence-electron chi connectivity index (χ0n) is 13.6. The molecule has 0 amide bonds. The first kappa shape index (κ1) is 15.8. The number of ether oxygens (including phenoxy) is 1. The maximum absolute atomic E-state index is 6.46. The van der Waals surface area contributed by atoms with Gasteiger partial charge in [-0.1, -0.05) is 47.5 Å². The van der Waals surface area contributed by atoms with Crippen molar-refractivity contribution in [3.8, 4) is 5.75 Å². The first-order chi connectivity index (χ1) is 12.7. The van der Waals surface area contributed by atoms with Gasteiger partial charge in [-0.25, -0.2) is 5.01 Å². The number of hydrogen-bond acceptors (Lipinski definition) is 4. The Morgan fingerprint density at radius 1 is 1.00 bits per heavy atom. The summed E-state index contributed by atoms with van der Waals surface area (Å²) in [4.78, 5) is 0. The van der Waals surface area contributed by atoms with Gasteiger partial charge < -0.3 is 9.15 Å². The van der Waals surface area contributed by atoms with Crippen LogP contribution >= 0.6 is 23.2 Å². The summed E-state index contributed by atoms with van der Waals surface area (Å²) < 4.78 is 11.8. The molecule has 5 rings (SSSR count). The van der Waals surface area contributed by atoms with Crippen LogP contribution < -0.4 is 4.74 Å². The number of hydrogen-bond donors (Lipinski definition) is 0. The molecule has 0 saturated heterocycles. The third-order valence-corrected chi connectivity index (χ3v) is 5.30. The second-order valence-electron chi connectivity index (χ2n) is 6.30. The Labute approximate surface area is 160 Å². The highest BCUT2D eigenvalue weighted by Gasteiger charge is 2.42. The number of rotatable bonds is 2. The van der Waals surface area contributed by atoms with Gasteiger partial charge >= 0.3 is 0 Å². The quantitative estimate of drug-likeness (QED) is 0.557. The largest absolute Gasteiger partial charge is 0.464 e. The lowest BCUT2D eigenvalue weighted by Gasteiger charge is -2.38. The predicted octanol–water partition coefficient (Wildman–Crippen LogP) is 5.83. The highest BCUT2D eigenvalue weighted by Crippen LogP contribution is 2.48. The van der Waals surface area contributed by atoms with Gasteiger partial charge in [-0.05, 0) is 30.3 Å². The molecule has 2 aliphatic heterocycles. The molecule has 1 aromatic heterocycles. The molecule has 0 N–H and O–H groups in total. The van der Waals surface area contributed by atoms with Crippen LogP contribution in [0.5, 0.6) is 5.75 Å². The van der Waals surface area contributed by atoms with Crippen molar-refractivity contribution in [1.29, 1.82) is 0 Å². The van der Waals surface area contributed by atoms with Crippen LogP contribution in [0.1, 0.15) is 35.6 Å². The number of para-hydroxylation sites is 1. The minimum Gasteiger partial charge on any atom is -0.464 e. The Balaban J connectivity index is 1.63. The topological polar surface area (TPSA) is 38.0 Å². The van der Waals surface area contributed by atoms with Crippen LogP contribution in [0.25, 0.3) is 0 Å². The lowest BCUT2D eigenvalue weighted by molar-refractivity contribution is -0.0189. The number of halogens is 2. The van der Waals surface area contributed by atoms with Crippen LogP contribution in [-0.2, 0) is 0 Å². The van der Waals surface area contributed by atoms with Crippen molar-refractivity contribution in [1.82, 2.24) is 5.01 Å². The van der Waals surface area contributed by atoms with E-state index in [0.29, 0.717) is 10.0 Å². The molecule has 2 aliphatic rings. The Bertz CT molecular complexity index is 1000. The van der Waals surface area contributed by atoms with Crippen LogP contribution in [0.3, 0.4) is 0 Å². The van der Waals surface area contributed by atoms with Crippen LogP contribution in [0.15, 0.2) is 70.4 Å². The summed E-state index contributed by atoms with van der Waals surface area (Å²) in [6.45, 7) is 0. The zero-order valence-corrected chi connectivity index (χ0v) is 15.1. The summed E-state index contributed by atoms with van der Waals surface area (Å²) in [6.07, 6.45) is 1.98. The maximum atomic E-state index is 6.46. The van der Waals surface area contributed by atoms with E-state index in [4.69, 9.17) is 37.5 Å². The fraction of sp³-hybridized carbons (Fsp3) is 0.150. The van der Waals surface area contributed by atoms with Gasteiger partial charge in [0.1, 0.15) is 17.2 Å². The van der Waals surface area contributed by atoms with Gasteiger partial charge in [-0.15, -0.1) is 0 Å². The van der Waals surface area contributed by atoms with Crippen LogP contribution in [-0.4, -0.2) is 10.7 Å². The smallest absolute Gasteiger partial charge is 0.215 e. The molecular weight excluding hydrogens is 371 g/mol. The molecule has 130 valence electrons. The van der Waals surface area contributed by atoms with Crippen molar-refractivity contribution in [2.45, 2.75) is 18.7 Å². The van der Waals surface area contributed by atoms with Crippen molar-refractivity contribution >= 4 is 28.9 Å². The van der Waals surface area contributed by atoms with Gasteiger partial charge in [0.05, 0.1) is 17.3 Å². The molecule has 6 heteroatoms. The molecule has 26 heavy (non-hydrogen) atoms. The first-order valence-corrected chi connectivity index (χ1v) is 9.06. The molecular formula is C20H14Cl2N2O2. The third kappa shape index (κ3) is 2.49. The fourth-order valence-corrected chi connectivity index (χ4v) is 4.03. The van der Waals surface area contributed by atoms with Crippen molar-refractivity contribution < 1.29 is 9.15 Å².